The molecule has 2 aromatic heterocycles. The van der Waals surface area contributed by atoms with E-state index in [1.54, 1.807) is 0 Å². The molecule has 0 saturated heterocycles. The summed E-state index contributed by atoms with van der Waals surface area (Å²) in [6.45, 7) is 10.7. The molecule has 2 aromatic rings. The molecule has 0 radical (unpaired) electrons. The van der Waals surface area contributed by atoms with Crippen molar-refractivity contribution in [2.24, 2.45) is 23.2 Å². The van der Waals surface area contributed by atoms with Crippen LogP contribution in [0.15, 0.2) is 0 Å². The maximum atomic E-state index is 13.5. The Hall–Kier alpha value is -3.04. The largest absolute Gasteiger partial charge is 0.465 e. The summed E-state index contributed by atoms with van der Waals surface area (Å²) < 4.78 is 1.98. The van der Waals surface area contributed by atoms with E-state index in [1.807, 2.05) is 30.7 Å². The molecule has 10 nitrogen and oxygen atoms in total. The van der Waals surface area contributed by atoms with Crippen molar-refractivity contribution in [3.05, 3.63) is 11.6 Å². The van der Waals surface area contributed by atoms with Crippen molar-refractivity contribution in [2.75, 3.05) is 5.32 Å². The second-order valence-corrected chi connectivity index (χ2v) is 11.7. The number of amides is 1. The zero-order valence-electron chi connectivity index (χ0n) is 22.0. The predicted molar refractivity (Wildman–Crippen MR) is 139 cm³/mol. The van der Waals surface area contributed by atoms with Crippen LogP contribution in [0.3, 0.4) is 0 Å². The van der Waals surface area contributed by atoms with Crippen LogP contribution < -0.4 is 10.6 Å². The molecule has 2 aliphatic rings. The number of hydrogen-bond donors (Lipinski definition) is 4. The molecule has 0 aromatic carbocycles. The first-order chi connectivity index (χ1) is 16.9. The van der Waals surface area contributed by atoms with E-state index in [2.05, 4.69) is 34.1 Å². The normalized spacial score (nSPS) is 21.6. The summed E-state index contributed by atoms with van der Waals surface area (Å²) in [5.74, 6) is 1.92. The van der Waals surface area contributed by atoms with E-state index in [1.165, 1.54) is 19.3 Å². The first-order valence-electron chi connectivity index (χ1n) is 13.1. The third-order valence-corrected chi connectivity index (χ3v) is 7.74. The number of amidine groups is 1. The summed E-state index contributed by atoms with van der Waals surface area (Å²) in [5, 5.41) is 22.8. The van der Waals surface area contributed by atoms with Crippen LogP contribution in [0.5, 0.6) is 0 Å². The van der Waals surface area contributed by atoms with Crippen molar-refractivity contribution in [1.29, 1.82) is 5.41 Å². The number of carboxylic acid groups (broad SMARTS) is 1. The van der Waals surface area contributed by atoms with E-state index < -0.39 is 17.3 Å². The van der Waals surface area contributed by atoms with E-state index in [4.69, 9.17) is 10.5 Å². The second-order valence-electron chi connectivity index (χ2n) is 11.7. The molecule has 10 heteroatoms. The SMILES string of the molecule is C[C@@H](Nc1nc(C(=N)NC(=O)O)nc2nc(C(=O)C(C)(C)C)n(C[C@H]3CC[C@H](C)CC3)c12)C1CCC1. The number of rotatable bonds is 7. The lowest BCUT2D eigenvalue weighted by Gasteiger charge is -2.32. The van der Waals surface area contributed by atoms with Gasteiger partial charge in [-0.1, -0.05) is 47.0 Å². The molecular formula is C26H39N7O3. The molecule has 2 heterocycles. The zero-order chi connectivity index (χ0) is 26.2. The number of anilines is 1. The van der Waals surface area contributed by atoms with E-state index in [-0.39, 0.29) is 17.6 Å². The molecule has 0 spiro atoms. The summed E-state index contributed by atoms with van der Waals surface area (Å²) in [7, 11) is 0. The zero-order valence-corrected chi connectivity index (χ0v) is 22.0. The number of nitrogens with one attached hydrogen (secondary N) is 3. The Balaban J connectivity index is 1.85. The fourth-order valence-corrected chi connectivity index (χ4v) is 5.14. The molecule has 0 bridgehead atoms. The van der Waals surface area contributed by atoms with Crippen LogP contribution in [0.1, 0.15) is 96.0 Å². The lowest BCUT2D eigenvalue weighted by Crippen LogP contribution is -2.33. The molecule has 4 N–H and O–H groups in total. The van der Waals surface area contributed by atoms with Gasteiger partial charge in [0, 0.05) is 18.0 Å². The number of carbonyl (C=O) groups excluding carboxylic acids is 1. The monoisotopic (exact) mass is 497 g/mol. The molecule has 2 fully saturated rings. The first kappa shape index (κ1) is 26.0. The summed E-state index contributed by atoms with van der Waals surface area (Å²) in [4.78, 5) is 38.4. The van der Waals surface area contributed by atoms with Crippen molar-refractivity contribution >= 4 is 34.7 Å². The lowest BCUT2D eigenvalue weighted by molar-refractivity contribution is 0.0840. The third kappa shape index (κ3) is 5.52. The van der Waals surface area contributed by atoms with Crippen molar-refractivity contribution < 1.29 is 14.7 Å². The van der Waals surface area contributed by atoms with Gasteiger partial charge in [0.15, 0.2) is 28.9 Å². The molecule has 4 rings (SSSR count). The number of aromatic nitrogens is 4. The number of hydrogen-bond acceptors (Lipinski definition) is 7. The highest BCUT2D eigenvalue weighted by atomic mass is 16.4. The van der Waals surface area contributed by atoms with Gasteiger partial charge in [-0.3, -0.25) is 15.5 Å². The average molecular weight is 498 g/mol. The molecule has 0 aliphatic heterocycles. The molecule has 2 aliphatic carbocycles. The smallest absolute Gasteiger partial charge is 0.410 e. The number of carbonyl (C=O) groups is 2. The van der Waals surface area contributed by atoms with Crippen LogP contribution in [0, 0.1) is 28.6 Å². The minimum atomic E-state index is -1.36. The van der Waals surface area contributed by atoms with E-state index >= 15 is 0 Å². The van der Waals surface area contributed by atoms with Crippen LogP contribution in [-0.2, 0) is 6.54 Å². The van der Waals surface area contributed by atoms with Crippen molar-refractivity contribution in [2.45, 2.75) is 92.2 Å². The van der Waals surface area contributed by atoms with E-state index in [9.17, 15) is 9.59 Å². The topological polar surface area (TPSA) is 146 Å². The molecule has 1 amide bonds. The Kier molecular flexibility index (Phi) is 7.33. The Labute approximate surface area is 212 Å². The average Bonchev–Trinajstić information content (AvgIpc) is 3.10. The van der Waals surface area contributed by atoms with Crippen LogP contribution in [0.2, 0.25) is 0 Å². The van der Waals surface area contributed by atoms with Gasteiger partial charge in [0.1, 0.15) is 5.52 Å². The van der Waals surface area contributed by atoms with Gasteiger partial charge in [0.25, 0.3) is 0 Å². The fourth-order valence-electron chi connectivity index (χ4n) is 5.14. The van der Waals surface area contributed by atoms with Gasteiger partial charge in [0.05, 0.1) is 0 Å². The highest BCUT2D eigenvalue weighted by Crippen LogP contribution is 2.35. The minimum Gasteiger partial charge on any atom is -0.465 e. The maximum Gasteiger partial charge on any atom is 0.410 e. The van der Waals surface area contributed by atoms with Gasteiger partial charge in [-0.15, -0.1) is 0 Å². The Morgan fingerprint density at radius 2 is 1.78 bits per heavy atom. The Morgan fingerprint density at radius 1 is 1.11 bits per heavy atom. The number of Topliss-reactive ketones (excluding diaryl/α,β-unsaturated/α-hetero) is 1. The molecule has 0 unspecified atom stereocenters. The van der Waals surface area contributed by atoms with Gasteiger partial charge in [0.2, 0.25) is 5.78 Å². The summed E-state index contributed by atoms with van der Waals surface area (Å²) in [6.07, 6.45) is 6.65. The first-order valence-corrected chi connectivity index (χ1v) is 13.1. The number of nitrogens with zero attached hydrogens (tertiary/aromatic N) is 4. The number of imidazole rings is 1. The molecular weight excluding hydrogens is 458 g/mol. The summed E-state index contributed by atoms with van der Waals surface area (Å²) in [5.41, 5.74) is 0.317. The van der Waals surface area contributed by atoms with Gasteiger partial charge in [-0.2, -0.15) is 0 Å². The maximum absolute atomic E-state index is 13.5. The van der Waals surface area contributed by atoms with Gasteiger partial charge >= 0.3 is 6.09 Å². The standard InChI is InChI=1S/C26H39N7O3/c1-14-9-11-16(12-10-14)13-33-18-21(28-15(2)17-7-6-8-17)30-23(20(27)29-25(35)36)31-22(18)32-24(33)19(34)26(3,4)5/h14-17H,6-13H2,1-5H3,(H2,27,29)(H,35,36)(H,28,30,31)/t14-,15-,16-/m1/s1. The van der Waals surface area contributed by atoms with Gasteiger partial charge < -0.3 is 15.0 Å². The Morgan fingerprint density at radius 3 is 2.33 bits per heavy atom. The van der Waals surface area contributed by atoms with E-state index in [0.29, 0.717) is 41.2 Å². The van der Waals surface area contributed by atoms with Crippen molar-refractivity contribution in [1.82, 2.24) is 24.8 Å². The quantitative estimate of drug-likeness (QED) is 0.237. The van der Waals surface area contributed by atoms with Crippen LogP contribution in [0.4, 0.5) is 10.6 Å². The van der Waals surface area contributed by atoms with Crippen molar-refractivity contribution in [3.63, 3.8) is 0 Å². The number of ketones is 1. The Bertz CT molecular complexity index is 1150. The van der Waals surface area contributed by atoms with Crippen molar-refractivity contribution in [3.8, 4) is 0 Å². The summed E-state index contributed by atoms with van der Waals surface area (Å²) >= 11 is 0. The lowest BCUT2D eigenvalue weighted by atomic mass is 9.80. The molecule has 2 saturated carbocycles. The van der Waals surface area contributed by atoms with Crippen LogP contribution in [0.25, 0.3) is 11.2 Å². The van der Waals surface area contributed by atoms with Crippen LogP contribution >= 0.6 is 0 Å². The fraction of sp³-hybridized carbons (Fsp3) is 0.692. The summed E-state index contributed by atoms with van der Waals surface area (Å²) in [6, 6.07) is 0.131. The van der Waals surface area contributed by atoms with Gasteiger partial charge in [-0.25, -0.2) is 19.7 Å². The minimum absolute atomic E-state index is 0.0703. The highest BCUT2D eigenvalue weighted by molar-refractivity contribution is 6.04. The van der Waals surface area contributed by atoms with Gasteiger partial charge in [-0.05, 0) is 50.4 Å². The van der Waals surface area contributed by atoms with E-state index in [0.717, 1.165) is 31.6 Å². The highest BCUT2D eigenvalue weighted by Gasteiger charge is 2.33. The molecule has 196 valence electrons. The third-order valence-electron chi connectivity index (χ3n) is 7.74. The van der Waals surface area contributed by atoms with Crippen LogP contribution in [-0.4, -0.2) is 48.4 Å². The molecule has 1 atom stereocenters. The predicted octanol–water partition coefficient (Wildman–Crippen LogP) is 5.07. The number of fused-ring (bicyclic) bond motifs is 1. The molecule has 36 heavy (non-hydrogen) atoms. The second kappa shape index (κ2) is 10.1.